The number of Topliss-reactive ketones (excluding diaryl/α,β-unsaturated/α-hetero) is 1. The summed E-state index contributed by atoms with van der Waals surface area (Å²) in [5, 5.41) is 2.79. The highest BCUT2D eigenvalue weighted by atomic mass is 16.2. The molecule has 4 heteroatoms. The predicted octanol–water partition coefficient (Wildman–Crippen LogP) is 2.11. The summed E-state index contributed by atoms with van der Waals surface area (Å²) in [5.41, 5.74) is 0.763. The van der Waals surface area contributed by atoms with Crippen molar-refractivity contribution in [2.24, 2.45) is 0 Å². The Balaban J connectivity index is 2.31. The molecule has 0 saturated heterocycles. The minimum Gasteiger partial charge on any atom is -0.355 e. The number of nitrogens with one attached hydrogen (secondary N) is 1. The molecule has 0 aliphatic heterocycles. The first-order valence-electron chi connectivity index (χ1n) is 7.24. The molecular weight excluding hydrogens is 252 g/mol. The molecular formula is C16H24N2O2. The topological polar surface area (TPSA) is 49.4 Å². The van der Waals surface area contributed by atoms with Crippen LogP contribution in [0, 0.1) is 0 Å². The van der Waals surface area contributed by atoms with Gasteiger partial charge in [-0.05, 0) is 26.4 Å². The Hall–Kier alpha value is -1.68. The Kier molecular flexibility index (Phi) is 7.58. The van der Waals surface area contributed by atoms with Gasteiger partial charge in [0, 0.05) is 18.5 Å². The van der Waals surface area contributed by atoms with Gasteiger partial charge in [-0.2, -0.15) is 0 Å². The second-order valence-electron chi connectivity index (χ2n) is 4.72. The number of hydrogen-bond donors (Lipinski definition) is 1. The summed E-state index contributed by atoms with van der Waals surface area (Å²) < 4.78 is 0. The van der Waals surface area contributed by atoms with Gasteiger partial charge in [0.2, 0.25) is 5.91 Å². The van der Waals surface area contributed by atoms with E-state index < -0.39 is 0 Å². The Labute approximate surface area is 121 Å². The number of carbonyl (C=O) groups excluding carboxylic acids is 2. The minimum absolute atomic E-state index is 0.0451. The largest absolute Gasteiger partial charge is 0.355 e. The van der Waals surface area contributed by atoms with Gasteiger partial charge >= 0.3 is 0 Å². The average Bonchev–Trinajstić information content (AvgIpc) is 2.47. The molecule has 0 saturated carbocycles. The Bertz CT molecular complexity index is 418. The van der Waals surface area contributed by atoms with Crippen LogP contribution in [0.15, 0.2) is 30.3 Å². The lowest BCUT2D eigenvalue weighted by atomic mass is 10.1. The van der Waals surface area contributed by atoms with Crippen LogP contribution in [0.1, 0.15) is 37.0 Å². The zero-order valence-corrected chi connectivity index (χ0v) is 12.4. The maximum atomic E-state index is 11.9. The number of rotatable bonds is 9. The standard InChI is InChI=1S/C16H24N2O2/c1-3-17-16(20)13-18(4-2)12-8-11-15(19)14-9-6-5-7-10-14/h5-7,9-10H,3-4,8,11-13H2,1-2H3,(H,17,20). The van der Waals surface area contributed by atoms with Gasteiger partial charge in [-0.15, -0.1) is 0 Å². The van der Waals surface area contributed by atoms with E-state index in [1.165, 1.54) is 0 Å². The molecule has 0 aliphatic carbocycles. The SMILES string of the molecule is CCNC(=O)CN(CC)CCCC(=O)c1ccccc1. The molecule has 0 heterocycles. The molecule has 20 heavy (non-hydrogen) atoms. The predicted molar refractivity (Wildman–Crippen MR) is 80.8 cm³/mol. The molecule has 0 unspecified atom stereocenters. The molecule has 0 atom stereocenters. The molecule has 0 fully saturated rings. The lowest BCUT2D eigenvalue weighted by Gasteiger charge is -2.19. The molecule has 4 nitrogen and oxygen atoms in total. The third kappa shape index (κ3) is 5.97. The van der Waals surface area contributed by atoms with Crippen LogP contribution in [0.2, 0.25) is 0 Å². The highest BCUT2D eigenvalue weighted by molar-refractivity contribution is 5.95. The zero-order chi connectivity index (χ0) is 14.8. The van der Waals surface area contributed by atoms with Gasteiger partial charge in [-0.25, -0.2) is 0 Å². The van der Waals surface area contributed by atoms with E-state index in [1.54, 1.807) is 0 Å². The van der Waals surface area contributed by atoms with Crippen LogP contribution in [0.5, 0.6) is 0 Å². The fourth-order valence-corrected chi connectivity index (χ4v) is 2.04. The molecule has 0 aromatic heterocycles. The Morgan fingerprint density at radius 3 is 2.45 bits per heavy atom. The third-order valence-corrected chi connectivity index (χ3v) is 3.16. The molecule has 1 rings (SSSR count). The maximum Gasteiger partial charge on any atom is 0.234 e. The van der Waals surface area contributed by atoms with E-state index in [1.807, 2.05) is 44.2 Å². The molecule has 0 radical (unpaired) electrons. The summed E-state index contributed by atoms with van der Waals surface area (Å²) in [5.74, 6) is 0.211. The van der Waals surface area contributed by atoms with Crippen LogP contribution < -0.4 is 5.32 Å². The normalized spacial score (nSPS) is 10.6. The van der Waals surface area contributed by atoms with Gasteiger partial charge in [-0.3, -0.25) is 14.5 Å². The van der Waals surface area contributed by atoms with E-state index in [2.05, 4.69) is 10.2 Å². The molecule has 0 bridgehead atoms. The van der Waals surface area contributed by atoms with E-state index in [0.29, 0.717) is 19.5 Å². The number of amides is 1. The summed E-state index contributed by atoms with van der Waals surface area (Å²) in [6, 6.07) is 9.34. The number of carbonyl (C=O) groups is 2. The number of nitrogens with zero attached hydrogens (tertiary/aromatic N) is 1. The van der Waals surface area contributed by atoms with Crippen molar-refractivity contribution in [3.05, 3.63) is 35.9 Å². The van der Waals surface area contributed by atoms with Gasteiger partial charge in [0.25, 0.3) is 0 Å². The van der Waals surface area contributed by atoms with Gasteiger partial charge in [0.05, 0.1) is 6.54 Å². The van der Waals surface area contributed by atoms with Gasteiger partial charge in [0.1, 0.15) is 0 Å². The van der Waals surface area contributed by atoms with Crippen LogP contribution in [0.25, 0.3) is 0 Å². The van der Waals surface area contributed by atoms with Crippen molar-refractivity contribution in [2.45, 2.75) is 26.7 Å². The fourth-order valence-electron chi connectivity index (χ4n) is 2.04. The first-order chi connectivity index (χ1) is 9.67. The fraction of sp³-hybridized carbons (Fsp3) is 0.500. The lowest BCUT2D eigenvalue weighted by Crippen LogP contribution is -2.37. The lowest BCUT2D eigenvalue weighted by molar-refractivity contribution is -0.122. The van der Waals surface area contributed by atoms with Crippen molar-refractivity contribution >= 4 is 11.7 Å². The van der Waals surface area contributed by atoms with Crippen molar-refractivity contribution in [1.29, 1.82) is 0 Å². The third-order valence-electron chi connectivity index (χ3n) is 3.16. The number of hydrogen-bond acceptors (Lipinski definition) is 3. The maximum absolute atomic E-state index is 11.9. The zero-order valence-electron chi connectivity index (χ0n) is 12.4. The van der Waals surface area contributed by atoms with Gasteiger partial charge in [-0.1, -0.05) is 37.3 Å². The smallest absolute Gasteiger partial charge is 0.234 e. The molecule has 0 spiro atoms. The number of likely N-dealkylation sites (N-methyl/N-ethyl adjacent to an activating group) is 2. The van der Waals surface area contributed by atoms with Gasteiger partial charge in [0.15, 0.2) is 5.78 Å². The highest BCUT2D eigenvalue weighted by Gasteiger charge is 2.10. The van der Waals surface area contributed by atoms with Crippen LogP contribution in [-0.4, -0.2) is 42.8 Å². The van der Waals surface area contributed by atoms with E-state index in [-0.39, 0.29) is 11.7 Å². The molecule has 1 N–H and O–H groups in total. The summed E-state index contributed by atoms with van der Waals surface area (Å²) in [4.78, 5) is 25.5. The van der Waals surface area contributed by atoms with Crippen LogP contribution >= 0.6 is 0 Å². The van der Waals surface area contributed by atoms with E-state index in [9.17, 15) is 9.59 Å². The van der Waals surface area contributed by atoms with E-state index >= 15 is 0 Å². The van der Waals surface area contributed by atoms with Crippen molar-refractivity contribution in [3.8, 4) is 0 Å². The van der Waals surface area contributed by atoms with E-state index in [4.69, 9.17) is 0 Å². The highest BCUT2D eigenvalue weighted by Crippen LogP contribution is 2.05. The van der Waals surface area contributed by atoms with Crippen molar-refractivity contribution in [2.75, 3.05) is 26.2 Å². The van der Waals surface area contributed by atoms with Crippen molar-refractivity contribution in [1.82, 2.24) is 10.2 Å². The monoisotopic (exact) mass is 276 g/mol. The summed E-state index contributed by atoms with van der Waals surface area (Å²) in [6.45, 7) is 6.58. The molecule has 1 amide bonds. The Morgan fingerprint density at radius 1 is 1.15 bits per heavy atom. The minimum atomic E-state index is 0.0451. The molecule has 0 aliphatic rings. The average molecular weight is 276 g/mol. The summed E-state index contributed by atoms with van der Waals surface area (Å²) >= 11 is 0. The van der Waals surface area contributed by atoms with Crippen molar-refractivity contribution in [3.63, 3.8) is 0 Å². The van der Waals surface area contributed by atoms with E-state index in [0.717, 1.165) is 25.1 Å². The quantitative estimate of drug-likeness (QED) is 0.703. The van der Waals surface area contributed by atoms with Crippen molar-refractivity contribution < 1.29 is 9.59 Å². The van der Waals surface area contributed by atoms with Crippen LogP contribution in [-0.2, 0) is 4.79 Å². The second kappa shape index (κ2) is 9.26. The first-order valence-corrected chi connectivity index (χ1v) is 7.24. The van der Waals surface area contributed by atoms with Crippen LogP contribution in [0.4, 0.5) is 0 Å². The number of ketones is 1. The molecule has 1 aromatic rings. The Morgan fingerprint density at radius 2 is 1.85 bits per heavy atom. The summed E-state index contributed by atoms with van der Waals surface area (Å²) in [7, 11) is 0. The molecule has 1 aromatic carbocycles. The molecule has 110 valence electrons. The number of benzene rings is 1. The van der Waals surface area contributed by atoms with Crippen LogP contribution in [0.3, 0.4) is 0 Å². The first kappa shape index (κ1) is 16.4. The second-order valence-corrected chi connectivity index (χ2v) is 4.72. The summed E-state index contributed by atoms with van der Waals surface area (Å²) in [6.07, 6.45) is 1.30. The van der Waals surface area contributed by atoms with Gasteiger partial charge < -0.3 is 5.32 Å².